The third kappa shape index (κ3) is 4.27. The Kier molecular flexibility index (Phi) is 5.14. The molecule has 3 aromatic carbocycles. The van der Waals surface area contributed by atoms with Crippen molar-refractivity contribution in [1.29, 1.82) is 0 Å². The molecular weight excluding hydrogens is 310 g/mol. The van der Waals surface area contributed by atoms with Crippen molar-refractivity contribution in [3.63, 3.8) is 0 Å². The van der Waals surface area contributed by atoms with Crippen LogP contribution in [-0.2, 0) is 12.8 Å². The van der Waals surface area contributed by atoms with Crippen LogP contribution in [0.1, 0.15) is 27.0 Å². The van der Waals surface area contributed by atoms with Crippen molar-refractivity contribution in [1.82, 2.24) is 0 Å². The first kappa shape index (κ1) is 16.8. The summed E-state index contributed by atoms with van der Waals surface area (Å²) < 4.78 is 0. The van der Waals surface area contributed by atoms with Gasteiger partial charge in [-0.3, -0.25) is 0 Å². The lowest BCUT2D eigenvalue weighted by Crippen LogP contribution is -2.05. The van der Waals surface area contributed by atoms with Gasteiger partial charge in [-0.05, 0) is 54.7 Å². The van der Waals surface area contributed by atoms with Crippen LogP contribution in [0.4, 0.5) is 11.4 Å². The number of carboxylic acids is 1. The topological polar surface area (TPSA) is 49.3 Å². The maximum absolute atomic E-state index is 11.5. The van der Waals surface area contributed by atoms with Gasteiger partial charge in [-0.25, -0.2) is 4.79 Å². The molecule has 0 aromatic heterocycles. The lowest BCUT2D eigenvalue weighted by Gasteiger charge is -2.13. The highest BCUT2D eigenvalue weighted by Gasteiger charge is 2.12. The molecule has 0 bridgehead atoms. The van der Waals surface area contributed by atoms with Crippen molar-refractivity contribution in [2.75, 3.05) is 5.32 Å². The molecule has 0 fully saturated rings. The molecule has 0 radical (unpaired) electrons. The van der Waals surface area contributed by atoms with Crippen molar-refractivity contribution in [2.45, 2.75) is 19.8 Å². The van der Waals surface area contributed by atoms with Crippen LogP contribution in [0.25, 0.3) is 0 Å². The molecule has 2 N–H and O–H groups in total. The van der Waals surface area contributed by atoms with Gasteiger partial charge in [0.25, 0.3) is 0 Å². The Labute approximate surface area is 148 Å². The minimum Gasteiger partial charge on any atom is -0.478 e. The first-order valence-electron chi connectivity index (χ1n) is 8.36. The Balaban J connectivity index is 1.84. The van der Waals surface area contributed by atoms with E-state index >= 15 is 0 Å². The summed E-state index contributed by atoms with van der Waals surface area (Å²) in [7, 11) is 0. The van der Waals surface area contributed by atoms with Gasteiger partial charge in [0, 0.05) is 5.69 Å². The molecule has 0 aliphatic heterocycles. The molecule has 0 saturated carbocycles. The molecular formula is C22H21NO2. The first-order valence-corrected chi connectivity index (χ1v) is 8.36. The highest BCUT2D eigenvalue weighted by atomic mass is 16.4. The van der Waals surface area contributed by atoms with E-state index in [-0.39, 0.29) is 5.56 Å². The second-order valence-corrected chi connectivity index (χ2v) is 6.11. The minimum absolute atomic E-state index is 0.284. The molecule has 25 heavy (non-hydrogen) atoms. The summed E-state index contributed by atoms with van der Waals surface area (Å²) in [6, 6.07) is 23.7. The Hall–Kier alpha value is -3.07. The molecule has 0 saturated heterocycles. The maximum atomic E-state index is 11.5. The zero-order valence-electron chi connectivity index (χ0n) is 14.2. The van der Waals surface area contributed by atoms with E-state index < -0.39 is 5.97 Å². The second-order valence-electron chi connectivity index (χ2n) is 6.11. The number of nitrogens with one attached hydrogen (secondary N) is 1. The van der Waals surface area contributed by atoms with E-state index in [4.69, 9.17) is 0 Å². The summed E-state index contributed by atoms with van der Waals surface area (Å²) in [5.41, 5.74) is 5.31. The number of aromatic carboxylic acids is 1. The van der Waals surface area contributed by atoms with Crippen LogP contribution in [0.3, 0.4) is 0 Å². The highest BCUT2D eigenvalue weighted by Crippen LogP contribution is 2.25. The zero-order valence-corrected chi connectivity index (χ0v) is 14.2. The standard InChI is InChI=1S/C22H21NO2/c1-16-7-5-6-10-20(16)23-21-15-18(13-14-19(21)22(24)25)12-11-17-8-3-2-4-9-17/h2-10,13-15,23H,11-12H2,1H3,(H,24,25). The van der Waals surface area contributed by atoms with E-state index in [0.29, 0.717) is 5.69 Å². The van der Waals surface area contributed by atoms with Gasteiger partial charge in [0.05, 0.1) is 11.3 Å². The van der Waals surface area contributed by atoms with E-state index in [0.717, 1.165) is 29.7 Å². The van der Waals surface area contributed by atoms with Crippen molar-refractivity contribution in [3.05, 3.63) is 95.1 Å². The van der Waals surface area contributed by atoms with Gasteiger partial charge in [0.2, 0.25) is 0 Å². The number of hydrogen-bond donors (Lipinski definition) is 2. The molecule has 126 valence electrons. The third-order valence-electron chi connectivity index (χ3n) is 4.27. The van der Waals surface area contributed by atoms with Gasteiger partial charge in [-0.15, -0.1) is 0 Å². The number of hydrogen-bond acceptors (Lipinski definition) is 2. The predicted molar refractivity (Wildman–Crippen MR) is 102 cm³/mol. The quantitative estimate of drug-likeness (QED) is 0.651. The fraction of sp³-hybridized carbons (Fsp3) is 0.136. The number of carboxylic acid groups (broad SMARTS) is 1. The van der Waals surface area contributed by atoms with Crippen LogP contribution >= 0.6 is 0 Å². The van der Waals surface area contributed by atoms with Gasteiger partial charge in [-0.1, -0.05) is 54.6 Å². The average Bonchev–Trinajstić information content (AvgIpc) is 2.63. The van der Waals surface area contributed by atoms with E-state index in [2.05, 4.69) is 17.4 Å². The Bertz CT molecular complexity index is 872. The smallest absolute Gasteiger partial charge is 0.337 e. The molecule has 0 unspecified atom stereocenters. The first-order chi connectivity index (χ1) is 12.1. The summed E-state index contributed by atoms with van der Waals surface area (Å²) in [5, 5.41) is 12.8. The number of rotatable bonds is 6. The highest BCUT2D eigenvalue weighted by molar-refractivity contribution is 5.95. The Morgan fingerprint density at radius 2 is 1.52 bits per heavy atom. The van der Waals surface area contributed by atoms with Crippen molar-refractivity contribution in [2.24, 2.45) is 0 Å². The number of aryl methyl sites for hydroxylation is 3. The molecule has 0 aliphatic carbocycles. The molecule has 0 heterocycles. The van der Waals surface area contributed by atoms with Gasteiger partial charge < -0.3 is 10.4 Å². The minimum atomic E-state index is -0.925. The van der Waals surface area contributed by atoms with E-state index in [1.165, 1.54) is 5.56 Å². The summed E-state index contributed by atoms with van der Waals surface area (Å²) >= 11 is 0. The number of para-hydroxylation sites is 1. The molecule has 0 spiro atoms. The fourth-order valence-electron chi connectivity index (χ4n) is 2.83. The lowest BCUT2D eigenvalue weighted by molar-refractivity contribution is 0.0698. The number of carbonyl (C=O) groups is 1. The van der Waals surface area contributed by atoms with Crippen LogP contribution in [0.15, 0.2) is 72.8 Å². The second kappa shape index (κ2) is 7.67. The third-order valence-corrected chi connectivity index (χ3v) is 4.27. The lowest BCUT2D eigenvalue weighted by atomic mass is 10.0. The van der Waals surface area contributed by atoms with Crippen LogP contribution in [-0.4, -0.2) is 11.1 Å². The van der Waals surface area contributed by atoms with Crippen LogP contribution in [0, 0.1) is 6.92 Å². The molecule has 0 atom stereocenters. The van der Waals surface area contributed by atoms with Crippen molar-refractivity contribution < 1.29 is 9.90 Å². The summed E-state index contributed by atoms with van der Waals surface area (Å²) in [5.74, 6) is -0.925. The monoisotopic (exact) mass is 331 g/mol. The van der Waals surface area contributed by atoms with E-state index in [1.54, 1.807) is 6.07 Å². The molecule has 3 heteroatoms. The Morgan fingerprint density at radius 3 is 2.24 bits per heavy atom. The maximum Gasteiger partial charge on any atom is 0.337 e. The summed E-state index contributed by atoms with van der Waals surface area (Å²) in [6.45, 7) is 2.00. The van der Waals surface area contributed by atoms with Gasteiger partial charge in [0.15, 0.2) is 0 Å². The van der Waals surface area contributed by atoms with E-state index in [1.807, 2.05) is 61.5 Å². The molecule has 3 aromatic rings. The zero-order chi connectivity index (χ0) is 17.6. The largest absolute Gasteiger partial charge is 0.478 e. The molecule has 3 rings (SSSR count). The normalized spacial score (nSPS) is 10.4. The molecule has 3 nitrogen and oxygen atoms in total. The van der Waals surface area contributed by atoms with Crippen LogP contribution in [0.5, 0.6) is 0 Å². The van der Waals surface area contributed by atoms with E-state index in [9.17, 15) is 9.90 Å². The Morgan fingerprint density at radius 1 is 0.840 bits per heavy atom. The predicted octanol–water partition coefficient (Wildman–Crippen LogP) is 5.22. The van der Waals surface area contributed by atoms with Gasteiger partial charge >= 0.3 is 5.97 Å². The van der Waals surface area contributed by atoms with Crippen LogP contribution in [0.2, 0.25) is 0 Å². The van der Waals surface area contributed by atoms with Crippen molar-refractivity contribution in [3.8, 4) is 0 Å². The summed E-state index contributed by atoms with van der Waals surface area (Å²) in [6.07, 6.45) is 1.80. The fourth-order valence-corrected chi connectivity index (χ4v) is 2.83. The average molecular weight is 331 g/mol. The number of benzene rings is 3. The summed E-state index contributed by atoms with van der Waals surface area (Å²) in [4.78, 5) is 11.5. The van der Waals surface area contributed by atoms with Gasteiger partial charge in [0.1, 0.15) is 0 Å². The molecule has 0 aliphatic rings. The molecule has 0 amide bonds. The van der Waals surface area contributed by atoms with Crippen molar-refractivity contribution >= 4 is 17.3 Å². The van der Waals surface area contributed by atoms with Crippen LogP contribution < -0.4 is 5.32 Å². The van der Waals surface area contributed by atoms with Gasteiger partial charge in [-0.2, -0.15) is 0 Å². The SMILES string of the molecule is Cc1ccccc1Nc1cc(CCc2ccccc2)ccc1C(=O)O. The number of anilines is 2.